The number of ether oxygens (including phenoxy) is 3. The van der Waals surface area contributed by atoms with Crippen LogP contribution in [0.3, 0.4) is 0 Å². The highest BCUT2D eigenvalue weighted by Gasteiger charge is 2.50. The summed E-state index contributed by atoms with van der Waals surface area (Å²) >= 11 is 0. The molecule has 0 saturated carbocycles. The van der Waals surface area contributed by atoms with Crippen molar-refractivity contribution >= 4 is 11.7 Å². The number of rotatable bonds is 4. The number of hydrogen-bond donors (Lipinski definition) is 1. The predicted molar refractivity (Wildman–Crippen MR) is 57.1 cm³/mol. The molecular weight excluding hydrogens is 226 g/mol. The van der Waals surface area contributed by atoms with Crippen molar-refractivity contribution in [2.24, 2.45) is 0 Å². The average Bonchev–Trinajstić information content (AvgIpc) is 2.68. The summed E-state index contributed by atoms with van der Waals surface area (Å²) in [5.74, 6) is 1.41. The van der Waals surface area contributed by atoms with E-state index in [0.29, 0.717) is 6.42 Å². The van der Waals surface area contributed by atoms with Crippen molar-refractivity contribution in [2.45, 2.75) is 30.7 Å². The number of carbonyl (C=O) groups excluding carboxylic acids is 2. The quantitative estimate of drug-likeness (QED) is 0.389. The molecule has 2 aliphatic heterocycles. The number of nitrogens with one attached hydrogen (secondary N) is 1. The lowest BCUT2D eigenvalue weighted by molar-refractivity contribution is -0.127. The van der Waals surface area contributed by atoms with Crippen LogP contribution in [0.4, 0.5) is 0 Å². The average molecular weight is 241 g/mol. The molecule has 2 aliphatic rings. The normalized spacial score (nSPS) is 36.1. The molecule has 0 aromatic carbocycles. The van der Waals surface area contributed by atoms with Gasteiger partial charge in [0, 0.05) is 20.3 Å². The Morgan fingerprint density at radius 3 is 2.82 bits per heavy atom. The van der Waals surface area contributed by atoms with Gasteiger partial charge in [0.2, 0.25) is 5.78 Å². The molecule has 0 aromatic rings. The highest BCUT2D eigenvalue weighted by molar-refractivity contribution is 6.07. The molecule has 2 rings (SSSR count). The van der Waals surface area contributed by atoms with Crippen molar-refractivity contribution in [3.05, 3.63) is 5.57 Å². The zero-order chi connectivity index (χ0) is 12.4. The molecule has 0 aromatic heterocycles. The van der Waals surface area contributed by atoms with Gasteiger partial charge < -0.3 is 19.5 Å². The number of fused-ring (bicyclic) bond motifs is 2. The zero-order valence-corrected chi connectivity index (χ0v) is 9.76. The van der Waals surface area contributed by atoms with Crippen LogP contribution < -0.4 is 5.32 Å². The number of ketones is 1. The van der Waals surface area contributed by atoms with Gasteiger partial charge in [-0.15, -0.1) is 0 Å². The Morgan fingerprint density at radius 1 is 1.47 bits per heavy atom. The second-order valence-corrected chi connectivity index (χ2v) is 4.13. The topological polar surface area (TPSA) is 73.9 Å². The van der Waals surface area contributed by atoms with Gasteiger partial charge in [-0.3, -0.25) is 4.79 Å². The first-order valence-electron chi connectivity index (χ1n) is 5.41. The highest BCUT2D eigenvalue weighted by atomic mass is 16.7. The molecule has 2 bridgehead atoms. The fraction of sp³-hybridized carbons (Fsp3) is 0.727. The van der Waals surface area contributed by atoms with Gasteiger partial charge in [-0.05, 0) is 6.42 Å². The van der Waals surface area contributed by atoms with Crippen molar-refractivity contribution in [2.75, 3.05) is 21.0 Å². The lowest BCUT2D eigenvalue weighted by atomic mass is 9.96. The summed E-state index contributed by atoms with van der Waals surface area (Å²) in [6, 6.07) is -0.511. The van der Waals surface area contributed by atoms with E-state index in [4.69, 9.17) is 14.2 Å². The van der Waals surface area contributed by atoms with Crippen LogP contribution in [0, 0.1) is 0 Å². The first-order valence-corrected chi connectivity index (χ1v) is 5.41. The van der Waals surface area contributed by atoms with E-state index < -0.39 is 12.1 Å². The second kappa shape index (κ2) is 5.08. The maximum absolute atomic E-state index is 11.9. The Morgan fingerprint density at radius 2 is 2.24 bits per heavy atom. The van der Waals surface area contributed by atoms with Gasteiger partial charge in [0.25, 0.3) is 0 Å². The molecule has 4 atom stereocenters. The molecule has 2 fully saturated rings. The lowest BCUT2D eigenvalue weighted by Gasteiger charge is -2.28. The molecule has 94 valence electrons. The standard InChI is InChI=1S/C11H15NO5/c1-15-5-17-8-3-7-11(16-2)10(14)6(4-13)9(8)12-7/h7-9,11-12H,3,5H2,1-2H3. The third-order valence-electron chi connectivity index (χ3n) is 3.22. The van der Waals surface area contributed by atoms with Gasteiger partial charge in [0.15, 0.2) is 0 Å². The van der Waals surface area contributed by atoms with Crippen molar-refractivity contribution in [1.29, 1.82) is 0 Å². The Bertz CT molecular complexity index is 363. The maximum Gasteiger partial charge on any atom is 0.201 e. The molecule has 0 radical (unpaired) electrons. The van der Waals surface area contributed by atoms with Crippen LogP contribution >= 0.6 is 0 Å². The summed E-state index contributed by atoms with van der Waals surface area (Å²) in [6.07, 6.45) is -0.261. The highest BCUT2D eigenvalue weighted by Crippen LogP contribution is 2.31. The van der Waals surface area contributed by atoms with Crippen LogP contribution in [0.2, 0.25) is 0 Å². The summed E-state index contributed by atoms with van der Waals surface area (Å²) in [6.45, 7) is 0.132. The number of hydrogen-bond acceptors (Lipinski definition) is 6. The Labute approximate surface area is 98.9 Å². The summed E-state index contributed by atoms with van der Waals surface area (Å²) in [5.41, 5.74) is 0.0757. The molecule has 6 nitrogen and oxygen atoms in total. The van der Waals surface area contributed by atoms with E-state index in [0.717, 1.165) is 0 Å². The van der Waals surface area contributed by atoms with Crippen molar-refractivity contribution < 1.29 is 23.8 Å². The molecule has 6 heteroatoms. The van der Waals surface area contributed by atoms with E-state index in [2.05, 4.69) is 5.32 Å². The predicted octanol–water partition coefficient (Wildman–Crippen LogP) is -0.938. The van der Waals surface area contributed by atoms with E-state index in [9.17, 15) is 9.59 Å². The van der Waals surface area contributed by atoms with Gasteiger partial charge in [0.1, 0.15) is 24.4 Å². The van der Waals surface area contributed by atoms with Gasteiger partial charge in [-0.2, -0.15) is 0 Å². The van der Waals surface area contributed by atoms with Crippen LogP contribution in [0.25, 0.3) is 0 Å². The largest absolute Gasteiger partial charge is 0.372 e. The van der Waals surface area contributed by atoms with E-state index in [1.165, 1.54) is 14.2 Å². The fourth-order valence-electron chi connectivity index (χ4n) is 2.47. The van der Waals surface area contributed by atoms with Crippen molar-refractivity contribution in [1.82, 2.24) is 5.32 Å². The van der Waals surface area contributed by atoms with E-state index in [-0.39, 0.29) is 30.3 Å². The summed E-state index contributed by atoms with van der Waals surface area (Å²) in [5, 5.41) is 3.16. The minimum absolute atomic E-state index is 0.0757. The van der Waals surface area contributed by atoms with E-state index in [1.807, 2.05) is 0 Å². The third-order valence-corrected chi connectivity index (χ3v) is 3.22. The SMILES string of the molecule is COCOC1CC2NC1C(=C=O)C(=O)C2OC. The van der Waals surface area contributed by atoms with E-state index >= 15 is 0 Å². The fourth-order valence-corrected chi connectivity index (χ4v) is 2.47. The first kappa shape index (κ1) is 12.4. The third kappa shape index (κ3) is 2.06. The van der Waals surface area contributed by atoms with Gasteiger partial charge in [-0.1, -0.05) is 0 Å². The molecule has 4 unspecified atom stereocenters. The second-order valence-electron chi connectivity index (χ2n) is 4.13. The Balaban J connectivity index is 2.20. The summed E-state index contributed by atoms with van der Waals surface area (Å²) in [4.78, 5) is 22.8. The van der Waals surface area contributed by atoms with Gasteiger partial charge >= 0.3 is 0 Å². The van der Waals surface area contributed by atoms with Crippen LogP contribution in [0.5, 0.6) is 0 Å². The maximum atomic E-state index is 11.9. The van der Waals surface area contributed by atoms with Gasteiger partial charge in [0.05, 0.1) is 12.1 Å². The van der Waals surface area contributed by atoms with Crippen LogP contribution in [0.1, 0.15) is 6.42 Å². The Hall–Kier alpha value is -1.04. The molecule has 2 saturated heterocycles. The van der Waals surface area contributed by atoms with Gasteiger partial charge in [-0.25, -0.2) is 4.79 Å². The molecule has 0 amide bonds. The first-order chi connectivity index (χ1) is 8.22. The van der Waals surface area contributed by atoms with Crippen LogP contribution in [-0.2, 0) is 23.8 Å². The molecular formula is C11H15NO5. The Kier molecular flexibility index (Phi) is 3.71. The molecule has 2 heterocycles. The minimum Gasteiger partial charge on any atom is -0.372 e. The number of Topliss-reactive ketones (excluding diaryl/α,β-unsaturated/α-hetero) is 1. The summed E-state index contributed by atoms with van der Waals surface area (Å²) in [7, 11) is 2.98. The lowest BCUT2D eigenvalue weighted by Crippen LogP contribution is -2.53. The summed E-state index contributed by atoms with van der Waals surface area (Å²) < 4.78 is 15.4. The van der Waals surface area contributed by atoms with Crippen molar-refractivity contribution in [3.8, 4) is 0 Å². The number of methoxy groups -OCH3 is 2. The number of piperidine rings is 1. The van der Waals surface area contributed by atoms with Crippen molar-refractivity contribution in [3.63, 3.8) is 0 Å². The molecule has 1 N–H and O–H groups in total. The smallest absolute Gasteiger partial charge is 0.201 e. The molecule has 0 spiro atoms. The number of carbonyl (C=O) groups is 1. The minimum atomic E-state index is -0.626. The van der Waals surface area contributed by atoms with Crippen LogP contribution in [0.15, 0.2) is 5.57 Å². The van der Waals surface area contributed by atoms with E-state index in [1.54, 1.807) is 5.94 Å². The molecule has 17 heavy (non-hydrogen) atoms. The monoisotopic (exact) mass is 241 g/mol. The molecule has 0 aliphatic carbocycles. The van der Waals surface area contributed by atoms with Crippen LogP contribution in [-0.4, -0.2) is 57.0 Å². The zero-order valence-electron chi connectivity index (χ0n) is 9.76.